The van der Waals surface area contributed by atoms with Crippen LogP contribution in [0.4, 0.5) is 0 Å². The highest BCUT2D eigenvalue weighted by molar-refractivity contribution is 6.30. The molecule has 0 spiro atoms. The lowest BCUT2D eigenvalue weighted by Gasteiger charge is -2.20. The van der Waals surface area contributed by atoms with Crippen LogP contribution in [0.15, 0.2) is 41.6 Å². The lowest BCUT2D eigenvalue weighted by Crippen LogP contribution is -2.40. The highest BCUT2D eigenvalue weighted by atomic mass is 35.5. The number of aromatic nitrogens is 4. The predicted octanol–water partition coefficient (Wildman–Crippen LogP) is 1.43. The molecule has 0 radical (unpaired) electrons. The maximum Gasteiger partial charge on any atom is 0.264 e. The highest BCUT2D eigenvalue weighted by Crippen LogP contribution is 2.29. The van der Waals surface area contributed by atoms with Crippen LogP contribution < -0.4 is 10.9 Å². The van der Waals surface area contributed by atoms with Crippen LogP contribution in [0.1, 0.15) is 18.1 Å². The summed E-state index contributed by atoms with van der Waals surface area (Å²) < 4.78 is 8.58. The summed E-state index contributed by atoms with van der Waals surface area (Å²) in [5.74, 6) is -0.267. The number of ether oxygens (including phenoxy) is 1. The van der Waals surface area contributed by atoms with E-state index < -0.39 is 0 Å². The Morgan fingerprint density at radius 3 is 2.93 bits per heavy atom. The van der Waals surface area contributed by atoms with Crippen molar-refractivity contribution in [2.75, 3.05) is 6.61 Å². The number of rotatable bonds is 4. The van der Waals surface area contributed by atoms with E-state index in [-0.39, 0.29) is 30.2 Å². The molecule has 3 aromatic rings. The Balaban J connectivity index is 1.48. The quantitative estimate of drug-likeness (QED) is 0.731. The van der Waals surface area contributed by atoms with E-state index in [4.69, 9.17) is 16.3 Å². The number of hydrogen-bond acceptors (Lipinski definition) is 5. The summed E-state index contributed by atoms with van der Waals surface area (Å²) in [7, 11) is 1.71. The van der Waals surface area contributed by atoms with Gasteiger partial charge in [0, 0.05) is 18.7 Å². The van der Waals surface area contributed by atoms with Gasteiger partial charge in [0.1, 0.15) is 24.4 Å². The average Bonchev–Trinajstić information content (AvgIpc) is 3.25. The number of carbonyl (C=O) groups excluding carboxylic acids is 1. The Hall–Kier alpha value is -2.71. The summed E-state index contributed by atoms with van der Waals surface area (Å²) in [6, 6.07) is 7.21. The van der Waals surface area contributed by atoms with Crippen LogP contribution in [-0.2, 0) is 23.1 Å². The molecular weight excluding hydrogens is 370 g/mol. The molecule has 0 saturated carbocycles. The topological polar surface area (TPSA) is 91.0 Å². The number of nitrogens with one attached hydrogen (secondary N) is 1. The Labute approximate surface area is 159 Å². The van der Waals surface area contributed by atoms with Gasteiger partial charge in [-0.15, -0.1) is 0 Å². The first-order valence-corrected chi connectivity index (χ1v) is 8.94. The molecule has 27 heavy (non-hydrogen) atoms. The third-order valence-corrected chi connectivity index (χ3v) is 4.92. The van der Waals surface area contributed by atoms with Gasteiger partial charge >= 0.3 is 0 Å². The zero-order valence-electron chi connectivity index (χ0n) is 14.6. The molecule has 0 bridgehead atoms. The van der Waals surface area contributed by atoms with Gasteiger partial charge in [-0.1, -0.05) is 23.7 Å². The van der Waals surface area contributed by atoms with Gasteiger partial charge in [0.05, 0.1) is 12.2 Å². The molecule has 8 nitrogen and oxygen atoms in total. The summed E-state index contributed by atoms with van der Waals surface area (Å²) in [5.41, 5.74) is 1.15. The number of halogens is 1. The molecule has 1 amide bonds. The Morgan fingerprint density at radius 1 is 1.37 bits per heavy atom. The molecule has 0 unspecified atom stereocenters. The molecule has 9 heteroatoms. The second kappa shape index (κ2) is 7.13. The number of carbonyl (C=O) groups is 1. The molecule has 1 aromatic carbocycles. The minimum atomic E-state index is -0.292. The zero-order valence-corrected chi connectivity index (χ0v) is 15.4. The highest BCUT2D eigenvalue weighted by Gasteiger charge is 2.31. The first kappa shape index (κ1) is 17.7. The maximum atomic E-state index is 12.5. The molecule has 1 aliphatic heterocycles. The number of nitrogens with zero attached hydrogens (tertiary/aromatic N) is 4. The molecule has 0 aliphatic carbocycles. The van der Waals surface area contributed by atoms with Crippen LogP contribution in [0.25, 0.3) is 11.0 Å². The molecule has 1 N–H and O–H groups in total. The predicted molar refractivity (Wildman–Crippen MR) is 99.5 cm³/mol. The first-order valence-electron chi connectivity index (χ1n) is 8.56. The van der Waals surface area contributed by atoms with E-state index in [1.807, 2.05) is 12.1 Å². The molecule has 140 valence electrons. The second-order valence-electron chi connectivity index (χ2n) is 6.49. The van der Waals surface area contributed by atoms with Crippen molar-refractivity contribution in [2.45, 2.75) is 25.1 Å². The van der Waals surface area contributed by atoms with Gasteiger partial charge in [-0.05, 0) is 24.1 Å². The van der Waals surface area contributed by atoms with Crippen LogP contribution in [-0.4, -0.2) is 37.9 Å². The standard InChI is InChI=1S/C18H18ClN5O3/c1-23-17-13(8-21-23)18(26)24(10-20-17)9-15(25)22-14-6-7-27-16(14)11-2-4-12(19)5-3-11/h2-5,8,10,14,16H,6-7,9H2,1H3,(H,22,25)/t14-,16+/m1/s1. The molecule has 1 saturated heterocycles. The van der Waals surface area contributed by atoms with E-state index in [1.165, 1.54) is 21.8 Å². The van der Waals surface area contributed by atoms with E-state index in [0.717, 1.165) is 5.56 Å². The lowest BCUT2D eigenvalue weighted by molar-refractivity contribution is -0.122. The van der Waals surface area contributed by atoms with Crippen LogP contribution in [0.2, 0.25) is 5.02 Å². The molecule has 4 rings (SSSR count). The third kappa shape index (κ3) is 3.45. The molecule has 2 atom stereocenters. The molecule has 1 fully saturated rings. The number of hydrogen-bond donors (Lipinski definition) is 1. The SMILES string of the molecule is Cn1ncc2c(=O)n(CC(=O)N[C@@H]3CCO[C@H]3c3ccc(Cl)cc3)cnc21. The fourth-order valence-corrected chi connectivity index (χ4v) is 3.43. The molecule has 3 heterocycles. The fourth-order valence-electron chi connectivity index (χ4n) is 3.30. The molecule has 2 aromatic heterocycles. The Morgan fingerprint density at radius 2 is 2.15 bits per heavy atom. The normalized spacial score (nSPS) is 19.5. The van der Waals surface area contributed by atoms with Gasteiger partial charge in [-0.2, -0.15) is 5.10 Å². The van der Waals surface area contributed by atoms with Crippen molar-refractivity contribution in [2.24, 2.45) is 7.05 Å². The van der Waals surface area contributed by atoms with Gasteiger partial charge in [0.25, 0.3) is 5.56 Å². The average molecular weight is 388 g/mol. The van der Waals surface area contributed by atoms with E-state index >= 15 is 0 Å². The van der Waals surface area contributed by atoms with Crippen molar-refractivity contribution in [3.63, 3.8) is 0 Å². The van der Waals surface area contributed by atoms with Crippen LogP contribution >= 0.6 is 11.6 Å². The number of fused-ring (bicyclic) bond motifs is 1. The third-order valence-electron chi connectivity index (χ3n) is 4.67. The van der Waals surface area contributed by atoms with Crippen molar-refractivity contribution in [3.05, 3.63) is 57.7 Å². The van der Waals surface area contributed by atoms with E-state index in [1.54, 1.807) is 19.2 Å². The molecule has 1 aliphatic rings. The van der Waals surface area contributed by atoms with Crippen molar-refractivity contribution in [1.82, 2.24) is 24.6 Å². The first-order chi connectivity index (χ1) is 13.0. The van der Waals surface area contributed by atoms with Gasteiger partial charge in [0.2, 0.25) is 5.91 Å². The van der Waals surface area contributed by atoms with Crippen molar-refractivity contribution in [3.8, 4) is 0 Å². The minimum absolute atomic E-state index is 0.111. The number of aryl methyl sites for hydroxylation is 1. The number of amides is 1. The van der Waals surface area contributed by atoms with E-state index in [0.29, 0.717) is 29.1 Å². The smallest absolute Gasteiger partial charge is 0.264 e. The van der Waals surface area contributed by atoms with E-state index in [2.05, 4.69) is 15.4 Å². The van der Waals surface area contributed by atoms with Crippen LogP contribution in [0.3, 0.4) is 0 Å². The maximum absolute atomic E-state index is 12.5. The summed E-state index contributed by atoms with van der Waals surface area (Å²) in [6.07, 6.45) is 3.30. The molecular formula is C18H18ClN5O3. The number of benzene rings is 1. The van der Waals surface area contributed by atoms with E-state index in [9.17, 15) is 9.59 Å². The van der Waals surface area contributed by atoms with Gasteiger partial charge in [-0.25, -0.2) is 4.98 Å². The summed E-state index contributed by atoms with van der Waals surface area (Å²) in [5, 5.41) is 8.02. The van der Waals surface area contributed by atoms with Gasteiger partial charge < -0.3 is 10.1 Å². The Bertz CT molecular complexity index is 1040. The fraction of sp³-hybridized carbons (Fsp3) is 0.333. The summed E-state index contributed by atoms with van der Waals surface area (Å²) in [6.45, 7) is 0.446. The second-order valence-corrected chi connectivity index (χ2v) is 6.93. The monoisotopic (exact) mass is 387 g/mol. The lowest BCUT2D eigenvalue weighted by atomic mass is 10.0. The largest absolute Gasteiger partial charge is 0.371 e. The van der Waals surface area contributed by atoms with Crippen molar-refractivity contribution < 1.29 is 9.53 Å². The van der Waals surface area contributed by atoms with Gasteiger partial charge in [-0.3, -0.25) is 18.8 Å². The summed E-state index contributed by atoms with van der Waals surface area (Å²) in [4.78, 5) is 29.2. The van der Waals surface area contributed by atoms with Crippen molar-refractivity contribution >= 4 is 28.5 Å². The zero-order chi connectivity index (χ0) is 19.0. The minimum Gasteiger partial charge on any atom is -0.371 e. The van der Waals surface area contributed by atoms with Crippen LogP contribution in [0.5, 0.6) is 0 Å². The summed E-state index contributed by atoms with van der Waals surface area (Å²) >= 11 is 5.93. The van der Waals surface area contributed by atoms with Gasteiger partial charge in [0.15, 0.2) is 5.65 Å². The van der Waals surface area contributed by atoms with Crippen molar-refractivity contribution in [1.29, 1.82) is 0 Å². The Kier molecular flexibility index (Phi) is 4.67. The van der Waals surface area contributed by atoms with Crippen LogP contribution in [0, 0.1) is 0 Å².